The molecule has 1 fully saturated rings. The Hall–Kier alpha value is -2.33. The summed E-state index contributed by atoms with van der Waals surface area (Å²) in [6, 6.07) is 8.97. The molecule has 0 saturated carbocycles. The number of amides is 1. The fourth-order valence-corrected chi connectivity index (χ4v) is 4.54. The van der Waals surface area contributed by atoms with E-state index in [9.17, 15) is 13.2 Å². The van der Waals surface area contributed by atoms with Gasteiger partial charge in [-0.2, -0.15) is 4.31 Å². The molecule has 29 heavy (non-hydrogen) atoms. The fraction of sp³-hybridized carbons (Fsp3) is 0.316. The predicted molar refractivity (Wildman–Crippen MR) is 109 cm³/mol. The summed E-state index contributed by atoms with van der Waals surface area (Å²) in [6.07, 6.45) is 0. The van der Waals surface area contributed by atoms with Gasteiger partial charge in [0.2, 0.25) is 10.0 Å². The van der Waals surface area contributed by atoms with Crippen LogP contribution in [-0.2, 0) is 14.8 Å². The first kappa shape index (κ1) is 21.4. The van der Waals surface area contributed by atoms with E-state index in [1.54, 1.807) is 12.1 Å². The SMILES string of the molecule is COc1ccc(S(=O)(=O)N2CCOCC2)cc1NC(=O)c1cc(Cl)ccc1OC. The van der Waals surface area contributed by atoms with Crippen molar-refractivity contribution >= 4 is 33.2 Å². The summed E-state index contributed by atoms with van der Waals surface area (Å²) in [5, 5.41) is 3.05. The minimum atomic E-state index is -3.73. The van der Waals surface area contributed by atoms with Crippen molar-refractivity contribution in [3.8, 4) is 11.5 Å². The van der Waals surface area contributed by atoms with Gasteiger partial charge in [-0.25, -0.2) is 8.42 Å². The zero-order chi connectivity index (χ0) is 21.0. The first-order valence-corrected chi connectivity index (χ1v) is 10.6. The first-order valence-electron chi connectivity index (χ1n) is 8.77. The lowest BCUT2D eigenvalue weighted by Crippen LogP contribution is -2.40. The average molecular weight is 441 g/mol. The number of nitrogens with zero attached hydrogens (tertiary/aromatic N) is 1. The van der Waals surface area contributed by atoms with E-state index in [1.165, 1.54) is 42.8 Å². The van der Waals surface area contributed by atoms with Crippen LogP contribution in [0.4, 0.5) is 5.69 Å². The van der Waals surface area contributed by atoms with Gasteiger partial charge in [-0.15, -0.1) is 0 Å². The Labute approximate surface area is 174 Å². The summed E-state index contributed by atoms with van der Waals surface area (Å²) in [5.74, 6) is 0.145. The maximum atomic E-state index is 12.9. The summed E-state index contributed by atoms with van der Waals surface area (Å²) in [6.45, 7) is 1.23. The molecule has 1 heterocycles. The van der Waals surface area contributed by atoms with Crippen LogP contribution in [0, 0.1) is 0 Å². The summed E-state index contributed by atoms with van der Waals surface area (Å²) in [5.41, 5.74) is 0.428. The number of rotatable bonds is 6. The van der Waals surface area contributed by atoms with Crippen molar-refractivity contribution in [2.45, 2.75) is 4.90 Å². The van der Waals surface area contributed by atoms with Crippen molar-refractivity contribution in [1.29, 1.82) is 0 Å². The highest BCUT2D eigenvalue weighted by Crippen LogP contribution is 2.31. The third-order valence-corrected chi connectivity index (χ3v) is 6.56. The molecule has 2 aromatic carbocycles. The van der Waals surface area contributed by atoms with E-state index < -0.39 is 15.9 Å². The van der Waals surface area contributed by atoms with Gasteiger partial charge in [-0.05, 0) is 36.4 Å². The second kappa shape index (κ2) is 9.00. The molecule has 3 rings (SSSR count). The highest BCUT2D eigenvalue weighted by molar-refractivity contribution is 7.89. The Bertz CT molecular complexity index is 1010. The lowest BCUT2D eigenvalue weighted by molar-refractivity contribution is 0.0730. The number of hydrogen-bond donors (Lipinski definition) is 1. The number of anilines is 1. The number of ether oxygens (including phenoxy) is 3. The molecule has 2 aromatic rings. The summed E-state index contributed by atoms with van der Waals surface area (Å²) >= 11 is 6.00. The summed E-state index contributed by atoms with van der Waals surface area (Å²) in [4.78, 5) is 12.8. The molecule has 1 N–H and O–H groups in total. The molecule has 1 saturated heterocycles. The van der Waals surface area contributed by atoms with Crippen molar-refractivity contribution in [1.82, 2.24) is 4.31 Å². The largest absolute Gasteiger partial charge is 0.496 e. The van der Waals surface area contributed by atoms with E-state index >= 15 is 0 Å². The monoisotopic (exact) mass is 440 g/mol. The maximum absolute atomic E-state index is 12.9. The molecule has 0 radical (unpaired) electrons. The smallest absolute Gasteiger partial charge is 0.259 e. The number of carbonyl (C=O) groups excluding carboxylic acids is 1. The molecule has 0 unspecified atom stereocenters. The lowest BCUT2D eigenvalue weighted by Gasteiger charge is -2.26. The predicted octanol–water partition coefficient (Wildman–Crippen LogP) is 2.63. The average Bonchev–Trinajstić information content (AvgIpc) is 2.74. The summed E-state index contributed by atoms with van der Waals surface area (Å²) in [7, 11) is -0.857. The topological polar surface area (TPSA) is 94.2 Å². The van der Waals surface area contributed by atoms with E-state index in [0.29, 0.717) is 29.7 Å². The van der Waals surface area contributed by atoms with Gasteiger partial charge >= 0.3 is 0 Å². The Balaban J connectivity index is 1.94. The van der Waals surface area contributed by atoms with E-state index in [-0.39, 0.29) is 29.2 Å². The Morgan fingerprint density at radius 2 is 1.72 bits per heavy atom. The number of methoxy groups -OCH3 is 2. The van der Waals surface area contributed by atoms with Gasteiger partial charge in [-0.1, -0.05) is 11.6 Å². The number of morpholine rings is 1. The van der Waals surface area contributed by atoms with Crippen LogP contribution in [0.1, 0.15) is 10.4 Å². The van der Waals surface area contributed by atoms with Crippen molar-refractivity contribution < 1.29 is 27.4 Å². The van der Waals surface area contributed by atoms with Gasteiger partial charge in [0.05, 0.1) is 43.6 Å². The standard InChI is InChI=1S/C19H21ClN2O6S/c1-26-17-5-3-13(20)11-15(17)19(23)21-16-12-14(4-6-18(16)27-2)29(24,25)22-7-9-28-10-8-22/h3-6,11-12H,7-10H2,1-2H3,(H,21,23). The van der Waals surface area contributed by atoms with Crippen molar-refractivity contribution in [2.75, 3.05) is 45.8 Å². The van der Waals surface area contributed by atoms with Crippen LogP contribution in [0.5, 0.6) is 11.5 Å². The normalized spacial score (nSPS) is 15.0. The molecular formula is C19H21ClN2O6S. The highest BCUT2D eigenvalue weighted by atomic mass is 35.5. The van der Waals surface area contributed by atoms with Gasteiger partial charge in [0, 0.05) is 18.1 Å². The zero-order valence-corrected chi connectivity index (χ0v) is 17.5. The Morgan fingerprint density at radius 3 is 2.38 bits per heavy atom. The molecule has 10 heteroatoms. The lowest BCUT2D eigenvalue weighted by atomic mass is 10.1. The number of halogens is 1. The molecule has 1 amide bonds. The highest BCUT2D eigenvalue weighted by Gasteiger charge is 2.27. The minimum absolute atomic E-state index is 0.0496. The molecular weight excluding hydrogens is 420 g/mol. The van der Waals surface area contributed by atoms with Crippen LogP contribution in [0.25, 0.3) is 0 Å². The first-order chi connectivity index (χ1) is 13.9. The van der Waals surface area contributed by atoms with Crippen LogP contribution in [0.2, 0.25) is 5.02 Å². The molecule has 0 spiro atoms. The number of carbonyl (C=O) groups is 1. The molecule has 1 aliphatic heterocycles. The molecule has 0 atom stereocenters. The van der Waals surface area contributed by atoms with Crippen LogP contribution in [-0.4, -0.2) is 59.2 Å². The van der Waals surface area contributed by atoms with Crippen LogP contribution in [0.3, 0.4) is 0 Å². The van der Waals surface area contributed by atoms with Gasteiger partial charge in [0.1, 0.15) is 11.5 Å². The number of hydrogen-bond acceptors (Lipinski definition) is 6. The number of sulfonamides is 1. The third kappa shape index (κ3) is 4.64. The minimum Gasteiger partial charge on any atom is -0.496 e. The third-order valence-electron chi connectivity index (χ3n) is 4.43. The molecule has 8 nitrogen and oxygen atoms in total. The van der Waals surface area contributed by atoms with Gasteiger partial charge < -0.3 is 19.5 Å². The molecule has 1 aliphatic rings. The number of benzene rings is 2. The van der Waals surface area contributed by atoms with Crippen molar-refractivity contribution in [2.24, 2.45) is 0 Å². The van der Waals surface area contributed by atoms with Crippen LogP contribution in [0.15, 0.2) is 41.3 Å². The fourth-order valence-electron chi connectivity index (χ4n) is 2.93. The van der Waals surface area contributed by atoms with Crippen molar-refractivity contribution in [3.63, 3.8) is 0 Å². The quantitative estimate of drug-likeness (QED) is 0.742. The van der Waals surface area contributed by atoms with E-state index in [4.69, 9.17) is 25.8 Å². The number of nitrogens with one attached hydrogen (secondary N) is 1. The molecule has 0 bridgehead atoms. The van der Waals surface area contributed by atoms with E-state index in [1.807, 2.05) is 0 Å². The maximum Gasteiger partial charge on any atom is 0.259 e. The van der Waals surface area contributed by atoms with Crippen LogP contribution < -0.4 is 14.8 Å². The van der Waals surface area contributed by atoms with Gasteiger partial charge in [0.25, 0.3) is 5.91 Å². The van der Waals surface area contributed by atoms with Crippen LogP contribution >= 0.6 is 11.6 Å². The molecule has 0 aliphatic carbocycles. The van der Waals surface area contributed by atoms with E-state index in [0.717, 1.165) is 0 Å². The van der Waals surface area contributed by atoms with Gasteiger partial charge in [-0.3, -0.25) is 4.79 Å². The van der Waals surface area contributed by atoms with Gasteiger partial charge in [0.15, 0.2) is 0 Å². The summed E-state index contributed by atoms with van der Waals surface area (Å²) < 4.78 is 42.9. The Kier molecular flexibility index (Phi) is 6.63. The van der Waals surface area contributed by atoms with E-state index in [2.05, 4.69) is 5.32 Å². The second-order valence-electron chi connectivity index (χ2n) is 6.18. The molecule has 156 valence electrons. The second-order valence-corrected chi connectivity index (χ2v) is 8.55. The zero-order valence-electron chi connectivity index (χ0n) is 16.0. The Morgan fingerprint density at radius 1 is 1.07 bits per heavy atom. The van der Waals surface area contributed by atoms with Crippen molar-refractivity contribution in [3.05, 3.63) is 47.0 Å². The molecule has 0 aromatic heterocycles.